The van der Waals surface area contributed by atoms with Crippen molar-refractivity contribution >= 4 is 44.0 Å². The van der Waals surface area contributed by atoms with Crippen molar-refractivity contribution in [1.82, 2.24) is 19.6 Å². The predicted molar refractivity (Wildman–Crippen MR) is 269 cm³/mol. The second kappa shape index (κ2) is 19.8. The molecular weight excluding hydrogens is 946 g/mol. The largest absolute Gasteiger partial charge is 0.489 e. The molecule has 3 aromatic carbocycles. The predicted octanol–water partition coefficient (Wildman–Crippen LogP) is 9.37. The molecule has 5 aliphatic rings. The number of aromatic amines is 1. The molecule has 5 heterocycles. The summed E-state index contributed by atoms with van der Waals surface area (Å²) in [5.74, 6) is -1.30. The molecule has 4 fully saturated rings. The Morgan fingerprint density at radius 3 is 2.53 bits per heavy atom. The van der Waals surface area contributed by atoms with Crippen LogP contribution in [-0.2, 0) is 14.8 Å². The lowest BCUT2D eigenvalue weighted by molar-refractivity contribution is -0.384. The van der Waals surface area contributed by atoms with Crippen molar-refractivity contribution in [1.29, 1.82) is 0 Å². The molecule has 2 saturated heterocycles. The Bertz CT molecular complexity index is 2960. The van der Waals surface area contributed by atoms with E-state index in [-0.39, 0.29) is 82.6 Å². The number of hydrogen-bond acceptors (Lipinski definition) is 14. The fraction of sp³-hybridized carbons (Fsp3) is 0.509. The van der Waals surface area contributed by atoms with Gasteiger partial charge in [0, 0.05) is 68.4 Å². The van der Waals surface area contributed by atoms with Crippen LogP contribution in [0.2, 0.25) is 0 Å². The molecule has 10 rings (SSSR count). The van der Waals surface area contributed by atoms with E-state index in [1.54, 1.807) is 19.1 Å². The summed E-state index contributed by atoms with van der Waals surface area (Å²) in [4.78, 5) is 37.8. The van der Waals surface area contributed by atoms with Crippen LogP contribution in [0.5, 0.6) is 23.1 Å². The molecule has 4 N–H and O–H groups in total. The number of hydrogen-bond donors (Lipinski definition) is 4. The van der Waals surface area contributed by atoms with Gasteiger partial charge in [-0.2, -0.15) is 4.98 Å². The van der Waals surface area contributed by atoms with Crippen molar-refractivity contribution in [2.24, 2.45) is 11.3 Å². The Kier molecular flexibility index (Phi) is 13.6. The Labute approximate surface area is 419 Å². The van der Waals surface area contributed by atoms with Crippen LogP contribution in [0.4, 0.5) is 21.5 Å². The molecule has 72 heavy (non-hydrogen) atoms. The van der Waals surface area contributed by atoms with Gasteiger partial charge in [-0.25, -0.2) is 17.5 Å². The zero-order chi connectivity index (χ0) is 50.5. The molecule has 0 unspecified atom stereocenters. The summed E-state index contributed by atoms with van der Waals surface area (Å²) in [5, 5.41) is 26.3. The molecule has 3 aliphatic heterocycles. The number of carbonyl (C=O) groups is 1. The third-order valence-electron chi connectivity index (χ3n) is 16.0. The molecule has 1 amide bonds. The highest BCUT2D eigenvalue weighted by atomic mass is 32.2. The summed E-state index contributed by atoms with van der Waals surface area (Å²) >= 11 is 0. The van der Waals surface area contributed by atoms with Gasteiger partial charge in [-0.05, 0) is 118 Å². The van der Waals surface area contributed by atoms with Crippen LogP contribution in [-0.4, -0.2) is 103 Å². The minimum Gasteiger partial charge on any atom is -0.489 e. The van der Waals surface area contributed by atoms with Gasteiger partial charge in [0.2, 0.25) is 0 Å². The number of fused-ring (bicyclic) bond motifs is 2. The molecule has 1 spiro atoms. The topological polar surface area (TPSA) is 211 Å². The maximum atomic E-state index is 15.0. The minimum atomic E-state index is -4.77. The number of rotatable bonds is 15. The summed E-state index contributed by atoms with van der Waals surface area (Å²) in [6.45, 7) is 9.33. The molecule has 19 heteroatoms. The van der Waals surface area contributed by atoms with E-state index in [4.69, 9.17) is 18.9 Å². The molecule has 2 saturated carbocycles. The Balaban J connectivity index is 0.898. The number of nitro benzene ring substituents is 1. The van der Waals surface area contributed by atoms with Crippen molar-refractivity contribution < 1.29 is 46.6 Å². The van der Waals surface area contributed by atoms with Crippen molar-refractivity contribution in [2.75, 3.05) is 56.8 Å². The maximum Gasteiger partial charge on any atom is 0.297 e. The Morgan fingerprint density at radius 2 is 1.79 bits per heavy atom. The van der Waals surface area contributed by atoms with Crippen molar-refractivity contribution in [3.63, 3.8) is 0 Å². The first-order valence-corrected chi connectivity index (χ1v) is 26.7. The molecule has 2 atom stereocenters. The summed E-state index contributed by atoms with van der Waals surface area (Å²) in [7, 11) is -3.26. The monoisotopic (exact) mass is 1010 g/mol. The number of methoxy groups -OCH3 is 1. The molecule has 2 aromatic heterocycles. The normalized spacial score (nSPS) is 23.3. The van der Waals surface area contributed by atoms with Crippen LogP contribution < -0.4 is 29.1 Å². The van der Waals surface area contributed by atoms with Gasteiger partial charge in [-0.1, -0.05) is 38.1 Å². The number of carbonyl (C=O) groups excluding carboxylic acids is 1. The number of nitrogens with zero attached hydrogens (tertiary/aromatic N) is 4. The third-order valence-corrected chi connectivity index (χ3v) is 17.3. The van der Waals surface area contributed by atoms with E-state index in [2.05, 4.69) is 67.9 Å². The van der Waals surface area contributed by atoms with Gasteiger partial charge >= 0.3 is 0 Å². The summed E-state index contributed by atoms with van der Waals surface area (Å²) in [6.07, 6.45) is 10.3. The Morgan fingerprint density at radius 1 is 1.03 bits per heavy atom. The minimum absolute atomic E-state index is 0.0225. The number of H-pyrrole nitrogens is 1. The van der Waals surface area contributed by atoms with Crippen LogP contribution in [0.15, 0.2) is 71.8 Å². The summed E-state index contributed by atoms with van der Waals surface area (Å²) in [6, 6.07) is 17.9. The number of aromatic nitrogens is 2. The second-order valence-electron chi connectivity index (χ2n) is 21.1. The van der Waals surface area contributed by atoms with Gasteiger partial charge in [-0.15, -0.1) is 0 Å². The van der Waals surface area contributed by atoms with Gasteiger partial charge in [0.1, 0.15) is 30.4 Å². The lowest BCUT2D eigenvalue weighted by Crippen LogP contribution is -2.54. The second-order valence-corrected chi connectivity index (χ2v) is 22.8. The molecule has 2 aliphatic carbocycles. The maximum absolute atomic E-state index is 15.0. The number of sulfonamides is 1. The van der Waals surface area contributed by atoms with Crippen LogP contribution >= 0.6 is 0 Å². The van der Waals surface area contributed by atoms with Gasteiger partial charge in [-0.3, -0.25) is 19.8 Å². The van der Waals surface area contributed by atoms with Crippen LogP contribution in [0, 0.1) is 27.3 Å². The number of piperidine rings is 1. The number of nitrogens with one attached hydrogen (secondary N) is 3. The van der Waals surface area contributed by atoms with E-state index in [0.717, 1.165) is 69.3 Å². The zero-order valence-corrected chi connectivity index (χ0v) is 42.1. The number of aliphatic hydroxyl groups is 1. The molecule has 0 bridgehead atoms. The number of likely N-dealkylation sites (tertiary alicyclic amines) is 1. The van der Waals surface area contributed by atoms with Crippen LogP contribution in [0.3, 0.4) is 0 Å². The quantitative estimate of drug-likeness (QED) is 0.0438. The number of anilines is 2. The SMILES string of the molecule is COCCOc1nc2[nH]cc(F)c2cc1Oc1cc(N2CCC3(CC2)CC(N2CCC[C@@H]2c2ccccc2C(C)C)C3)ccc1C(=O)NS(=O)(=O)c1cc2c(c([N+](=O)[O-])c1)N[C@@H]([C@H]1CC[C@](C)(O)CC1)CO2. The summed E-state index contributed by atoms with van der Waals surface area (Å²) in [5.41, 5.74) is 2.61. The van der Waals surface area contributed by atoms with Crippen molar-refractivity contribution in [2.45, 2.75) is 120 Å². The highest BCUT2D eigenvalue weighted by Crippen LogP contribution is 2.54. The molecule has 5 aromatic rings. The highest BCUT2D eigenvalue weighted by Gasteiger charge is 2.50. The Hall–Kier alpha value is -6.02. The third kappa shape index (κ3) is 9.92. The molecular formula is C53H64FN7O10S. The highest BCUT2D eigenvalue weighted by molar-refractivity contribution is 7.90. The fourth-order valence-corrected chi connectivity index (χ4v) is 12.9. The number of pyridine rings is 1. The number of amides is 1. The van der Waals surface area contributed by atoms with E-state index < -0.39 is 42.9 Å². The van der Waals surface area contributed by atoms with Gasteiger partial charge in [0.25, 0.3) is 27.5 Å². The van der Waals surface area contributed by atoms with Gasteiger partial charge in [0.15, 0.2) is 17.2 Å². The van der Waals surface area contributed by atoms with Gasteiger partial charge < -0.3 is 39.3 Å². The number of benzene rings is 3. The fourth-order valence-electron chi connectivity index (χ4n) is 11.9. The van der Waals surface area contributed by atoms with Crippen molar-refractivity contribution in [3.8, 4) is 23.1 Å². The number of nitro groups is 1. The molecule has 384 valence electrons. The van der Waals surface area contributed by atoms with Crippen molar-refractivity contribution in [3.05, 3.63) is 99.5 Å². The standard InChI is InChI=1S/C53H64FN7O10S/c1-32(2)37-8-5-6-9-38(37)43-10-7-19-60(43)35-28-53(29-35)17-20-59(21-18-53)34-11-12-39(45(24-34)71-47-27-40-41(54)30-55-49(40)57-51(47)69-23-22-68-4)50(62)58-72(66,67)36-25-44(61(64)65)48-46(26-36)70-31-42(56-48)33-13-15-52(3,63)16-14-33/h5-6,8-9,11-12,24-27,30,32-33,35,42-43,56,63H,7,10,13-23,28-29,31H2,1-4H3,(H,55,57)(H,58,62)/t33-,42-,43-,52-/m1/s1. The smallest absolute Gasteiger partial charge is 0.297 e. The average molecular weight is 1010 g/mol. The first kappa shape index (κ1) is 49.6. The molecule has 0 radical (unpaired) electrons. The van der Waals surface area contributed by atoms with E-state index in [1.165, 1.54) is 43.2 Å². The summed E-state index contributed by atoms with van der Waals surface area (Å²) < 4.78 is 68.9. The van der Waals surface area contributed by atoms with Crippen LogP contribution in [0.25, 0.3) is 11.0 Å². The first-order chi connectivity index (χ1) is 34.5. The van der Waals surface area contributed by atoms with E-state index in [9.17, 15) is 28.4 Å². The zero-order valence-electron chi connectivity index (χ0n) is 41.2. The first-order valence-electron chi connectivity index (χ1n) is 25.2. The van der Waals surface area contributed by atoms with E-state index in [1.807, 2.05) is 0 Å². The van der Waals surface area contributed by atoms with Gasteiger partial charge in [0.05, 0.1) is 39.0 Å². The number of halogens is 1. The lowest BCUT2D eigenvalue weighted by atomic mass is 9.59. The number of ether oxygens (including phenoxy) is 4. The lowest BCUT2D eigenvalue weighted by Gasteiger charge is -2.56. The van der Waals surface area contributed by atoms with Crippen LogP contribution in [0.1, 0.15) is 118 Å². The molecule has 17 nitrogen and oxygen atoms in total. The van der Waals surface area contributed by atoms with E-state index >= 15 is 4.39 Å². The van der Waals surface area contributed by atoms with E-state index in [0.29, 0.717) is 43.7 Å². The average Bonchev–Trinajstić information content (AvgIpc) is 3.98.